The minimum Gasteiger partial charge on any atom is -0.361 e. The molecule has 0 spiro atoms. The SMILES string of the molecule is Cc1onc(C(C)C)c1C(=O)N[C@@H]1CC(C)(C)Cc2nc(-c3ccncc3)ncc21. The van der Waals surface area contributed by atoms with Gasteiger partial charge in [0.25, 0.3) is 5.91 Å². The van der Waals surface area contributed by atoms with E-state index in [1.54, 1.807) is 19.3 Å². The van der Waals surface area contributed by atoms with Crippen molar-refractivity contribution in [1.82, 2.24) is 25.4 Å². The van der Waals surface area contributed by atoms with Crippen molar-refractivity contribution in [3.05, 3.63) is 59.0 Å². The van der Waals surface area contributed by atoms with Crippen molar-refractivity contribution in [3.63, 3.8) is 0 Å². The molecule has 3 aromatic heterocycles. The molecule has 0 unspecified atom stereocenters. The number of pyridine rings is 1. The predicted molar refractivity (Wildman–Crippen MR) is 113 cm³/mol. The summed E-state index contributed by atoms with van der Waals surface area (Å²) in [5.74, 6) is 1.15. The highest BCUT2D eigenvalue weighted by Crippen LogP contribution is 2.40. The minimum atomic E-state index is -0.169. The van der Waals surface area contributed by atoms with Gasteiger partial charge in [0.05, 0.1) is 17.4 Å². The molecule has 0 saturated heterocycles. The average Bonchev–Trinajstić information content (AvgIpc) is 3.09. The van der Waals surface area contributed by atoms with Crippen molar-refractivity contribution in [2.45, 2.75) is 59.4 Å². The number of carbonyl (C=O) groups excluding carboxylic acids is 1. The van der Waals surface area contributed by atoms with Crippen LogP contribution in [0.2, 0.25) is 0 Å². The van der Waals surface area contributed by atoms with Gasteiger partial charge in [0.2, 0.25) is 0 Å². The molecule has 0 radical (unpaired) electrons. The first kappa shape index (κ1) is 20.2. The van der Waals surface area contributed by atoms with Gasteiger partial charge in [-0.15, -0.1) is 0 Å². The van der Waals surface area contributed by atoms with Gasteiger partial charge in [-0.25, -0.2) is 9.97 Å². The van der Waals surface area contributed by atoms with E-state index in [-0.39, 0.29) is 23.3 Å². The maximum Gasteiger partial charge on any atom is 0.257 e. The largest absolute Gasteiger partial charge is 0.361 e. The summed E-state index contributed by atoms with van der Waals surface area (Å²) in [6, 6.07) is 3.63. The predicted octanol–water partition coefficient (Wildman–Crippen LogP) is 4.40. The van der Waals surface area contributed by atoms with Crippen LogP contribution in [0.4, 0.5) is 0 Å². The van der Waals surface area contributed by atoms with E-state index >= 15 is 0 Å². The standard InChI is InChI=1S/C23H27N5O2/c1-13(2)20-19(14(3)30-28-20)22(29)27-18-11-23(4,5)10-17-16(18)12-25-21(26-17)15-6-8-24-9-7-15/h6-9,12-13,18H,10-11H2,1-5H3,(H,27,29)/t18-/m1/s1. The zero-order valence-corrected chi connectivity index (χ0v) is 18.1. The molecule has 1 amide bonds. The number of nitrogens with one attached hydrogen (secondary N) is 1. The average molecular weight is 406 g/mol. The van der Waals surface area contributed by atoms with Gasteiger partial charge in [-0.3, -0.25) is 9.78 Å². The van der Waals surface area contributed by atoms with Crippen LogP contribution in [0.5, 0.6) is 0 Å². The number of carbonyl (C=O) groups is 1. The lowest BCUT2D eigenvalue weighted by molar-refractivity contribution is 0.0916. The highest BCUT2D eigenvalue weighted by molar-refractivity contribution is 5.96. The van der Waals surface area contributed by atoms with Crippen molar-refractivity contribution in [2.24, 2.45) is 5.41 Å². The number of aryl methyl sites for hydroxylation is 1. The number of aromatic nitrogens is 4. The summed E-state index contributed by atoms with van der Waals surface area (Å²) in [7, 11) is 0. The molecule has 4 rings (SSSR count). The van der Waals surface area contributed by atoms with Crippen molar-refractivity contribution < 1.29 is 9.32 Å². The molecule has 1 N–H and O–H groups in total. The quantitative estimate of drug-likeness (QED) is 0.691. The molecule has 0 aliphatic heterocycles. The van der Waals surface area contributed by atoms with Crippen LogP contribution in [0.15, 0.2) is 35.2 Å². The van der Waals surface area contributed by atoms with Gasteiger partial charge in [-0.1, -0.05) is 32.9 Å². The molecular formula is C23H27N5O2. The fourth-order valence-electron chi connectivity index (χ4n) is 4.11. The van der Waals surface area contributed by atoms with Crippen LogP contribution in [0.25, 0.3) is 11.4 Å². The Bertz CT molecular complexity index is 1070. The molecule has 30 heavy (non-hydrogen) atoms. The summed E-state index contributed by atoms with van der Waals surface area (Å²) in [6.07, 6.45) is 6.96. The monoisotopic (exact) mass is 405 g/mol. The summed E-state index contributed by atoms with van der Waals surface area (Å²) >= 11 is 0. The van der Waals surface area contributed by atoms with Gasteiger partial charge in [0, 0.05) is 29.7 Å². The fourth-order valence-corrected chi connectivity index (χ4v) is 4.11. The number of fused-ring (bicyclic) bond motifs is 1. The van der Waals surface area contributed by atoms with E-state index in [4.69, 9.17) is 9.51 Å². The first-order valence-electron chi connectivity index (χ1n) is 10.3. The van der Waals surface area contributed by atoms with Crippen molar-refractivity contribution in [2.75, 3.05) is 0 Å². The second-order valence-corrected chi connectivity index (χ2v) is 9.06. The first-order valence-corrected chi connectivity index (χ1v) is 10.3. The lowest BCUT2D eigenvalue weighted by atomic mass is 9.74. The Morgan fingerprint density at radius 1 is 1.27 bits per heavy atom. The van der Waals surface area contributed by atoms with E-state index in [9.17, 15) is 4.79 Å². The van der Waals surface area contributed by atoms with E-state index < -0.39 is 0 Å². The summed E-state index contributed by atoms with van der Waals surface area (Å²) < 4.78 is 5.30. The maximum atomic E-state index is 13.2. The van der Waals surface area contributed by atoms with Crippen LogP contribution in [0.1, 0.15) is 79.1 Å². The van der Waals surface area contributed by atoms with E-state index in [1.165, 1.54) is 0 Å². The molecule has 0 saturated carbocycles. The molecule has 3 heterocycles. The minimum absolute atomic E-state index is 0.000613. The van der Waals surface area contributed by atoms with Crippen molar-refractivity contribution in [3.8, 4) is 11.4 Å². The molecule has 156 valence electrons. The Balaban J connectivity index is 1.67. The highest BCUT2D eigenvalue weighted by atomic mass is 16.5. The van der Waals surface area contributed by atoms with E-state index in [2.05, 4.69) is 34.3 Å². The molecule has 1 atom stereocenters. The van der Waals surface area contributed by atoms with Crippen LogP contribution in [0.3, 0.4) is 0 Å². The topological polar surface area (TPSA) is 93.8 Å². The number of hydrogen-bond donors (Lipinski definition) is 1. The van der Waals surface area contributed by atoms with Crippen molar-refractivity contribution in [1.29, 1.82) is 0 Å². The van der Waals surface area contributed by atoms with Gasteiger partial charge in [-0.2, -0.15) is 0 Å². The Morgan fingerprint density at radius 3 is 2.70 bits per heavy atom. The smallest absolute Gasteiger partial charge is 0.257 e. The summed E-state index contributed by atoms with van der Waals surface area (Å²) in [6.45, 7) is 10.2. The van der Waals surface area contributed by atoms with Crippen LogP contribution >= 0.6 is 0 Å². The molecule has 0 fully saturated rings. The molecule has 3 aromatic rings. The molecule has 1 aliphatic carbocycles. The second kappa shape index (κ2) is 7.63. The third kappa shape index (κ3) is 3.84. The molecular weight excluding hydrogens is 378 g/mol. The van der Waals surface area contributed by atoms with E-state index in [0.29, 0.717) is 22.8 Å². The van der Waals surface area contributed by atoms with Crippen LogP contribution in [-0.4, -0.2) is 26.0 Å². The third-order valence-electron chi connectivity index (χ3n) is 5.59. The third-order valence-corrected chi connectivity index (χ3v) is 5.59. The van der Waals surface area contributed by atoms with E-state index in [1.807, 2.05) is 32.2 Å². The summed E-state index contributed by atoms with van der Waals surface area (Å²) in [5, 5.41) is 7.28. The number of amides is 1. The molecule has 7 heteroatoms. The van der Waals surface area contributed by atoms with Gasteiger partial charge in [-0.05, 0) is 43.2 Å². The number of rotatable bonds is 4. The lowest BCUT2D eigenvalue weighted by Crippen LogP contribution is -2.37. The highest BCUT2D eigenvalue weighted by Gasteiger charge is 2.35. The van der Waals surface area contributed by atoms with E-state index in [0.717, 1.165) is 29.7 Å². The summed E-state index contributed by atoms with van der Waals surface area (Å²) in [5.41, 5.74) is 4.09. The van der Waals surface area contributed by atoms with Gasteiger partial charge < -0.3 is 9.84 Å². The zero-order valence-electron chi connectivity index (χ0n) is 18.1. The van der Waals surface area contributed by atoms with Crippen LogP contribution < -0.4 is 5.32 Å². The molecule has 1 aliphatic rings. The number of hydrogen-bond acceptors (Lipinski definition) is 6. The number of nitrogens with zero attached hydrogens (tertiary/aromatic N) is 4. The van der Waals surface area contributed by atoms with Gasteiger partial charge >= 0.3 is 0 Å². The van der Waals surface area contributed by atoms with Crippen LogP contribution in [0, 0.1) is 12.3 Å². The fraction of sp³-hybridized carbons (Fsp3) is 0.435. The Hall–Kier alpha value is -3.09. The normalized spacial score (nSPS) is 17.6. The van der Waals surface area contributed by atoms with Gasteiger partial charge in [0.1, 0.15) is 11.3 Å². The molecule has 7 nitrogen and oxygen atoms in total. The zero-order chi connectivity index (χ0) is 21.5. The molecule has 0 aromatic carbocycles. The van der Waals surface area contributed by atoms with Crippen molar-refractivity contribution >= 4 is 5.91 Å². The Morgan fingerprint density at radius 2 is 2.00 bits per heavy atom. The Kier molecular flexibility index (Phi) is 5.13. The lowest BCUT2D eigenvalue weighted by Gasteiger charge is -2.36. The first-order chi connectivity index (χ1) is 14.2. The Labute approximate surface area is 176 Å². The van der Waals surface area contributed by atoms with Crippen LogP contribution in [-0.2, 0) is 6.42 Å². The summed E-state index contributed by atoms with van der Waals surface area (Å²) in [4.78, 5) is 26.6. The van der Waals surface area contributed by atoms with Gasteiger partial charge in [0.15, 0.2) is 5.82 Å². The molecule has 0 bridgehead atoms. The second-order valence-electron chi connectivity index (χ2n) is 9.06. The maximum absolute atomic E-state index is 13.2.